The predicted molar refractivity (Wildman–Crippen MR) is 156 cm³/mol. The maximum atomic E-state index is 12.9. The molecule has 4 saturated carbocycles. The van der Waals surface area contributed by atoms with Gasteiger partial charge in [-0.3, -0.25) is 9.59 Å². The third-order valence-electron chi connectivity index (χ3n) is 10.4. The number of aliphatic hydroxyl groups excluding tert-OH is 2. The summed E-state index contributed by atoms with van der Waals surface area (Å²) in [5, 5.41) is 21.6. The Hall–Kier alpha value is -2.02. The van der Waals surface area contributed by atoms with Crippen LogP contribution in [0, 0.1) is 28.6 Å². The Bertz CT molecular complexity index is 1080. The fourth-order valence-corrected chi connectivity index (χ4v) is 8.01. The van der Waals surface area contributed by atoms with Crippen molar-refractivity contribution < 1.29 is 29.3 Å². The van der Waals surface area contributed by atoms with E-state index in [2.05, 4.69) is 46.4 Å². The first-order valence-electron chi connectivity index (χ1n) is 15.4. The van der Waals surface area contributed by atoms with Gasteiger partial charge in [-0.25, -0.2) is 0 Å². The van der Waals surface area contributed by atoms with E-state index in [1.54, 1.807) is 6.92 Å². The topological polar surface area (TPSA) is 93.1 Å². The zero-order valence-corrected chi connectivity index (χ0v) is 25.2. The number of hydrogen-bond donors (Lipinski definition) is 2. The van der Waals surface area contributed by atoms with Gasteiger partial charge in [-0.1, -0.05) is 58.1 Å². The first kappa shape index (κ1) is 30.9. The molecule has 4 aliphatic carbocycles. The van der Waals surface area contributed by atoms with E-state index in [0.29, 0.717) is 42.1 Å². The zero-order valence-electron chi connectivity index (χ0n) is 25.2. The van der Waals surface area contributed by atoms with Crippen molar-refractivity contribution in [3.63, 3.8) is 0 Å². The molecule has 6 nitrogen and oxygen atoms in total. The first-order chi connectivity index (χ1) is 18.9. The summed E-state index contributed by atoms with van der Waals surface area (Å²) >= 11 is 0. The maximum Gasteiger partial charge on any atom is 0.308 e. The van der Waals surface area contributed by atoms with Gasteiger partial charge in [0.25, 0.3) is 0 Å². The summed E-state index contributed by atoms with van der Waals surface area (Å²) in [5.74, 6) is 1.41. The van der Waals surface area contributed by atoms with E-state index < -0.39 is 18.3 Å². The minimum Gasteiger partial charge on any atom is -0.466 e. The molecule has 0 saturated heterocycles. The van der Waals surface area contributed by atoms with Gasteiger partial charge in [-0.05, 0) is 91.8 Å². The van der Waals surface area contributed by atoms with Crippen LogP contribution < -0.4 is 0 Å². The number of ether oxygens (including phenoxy) is 2. The average Bonchev–Trinajstić information content (AvgIpc) is 3.38. The number of rotatable bonds is 8. The monoisotopic (exact) mass is 554 g/mol. The molecule has 0 bridgehead atoms. The molecule has 0 amide bonds. The van der Waals surface area contributed by atoms with Crippen LogP contribution in [0.4, 0.5) is 0 Å². The highest BCUT2D eigenvalue weighted by molar-refractivity contribution is 6.01. The highest BCUT2D eigenvalue weighted by Gasteiger charge is 2.50. The second kappa shape index (κ2) is 12.5. The summed E-state index contributed by atoms with van der Waals surface area (Å²) in [5.41, 5.74) is 3.89. The predicted octanol–water partition coefficient (Wildman–Crippen LogP) is 6.03. The summed E-state index contributed by atoms with van der Waals surface area (Å²) in [6.07, 6.45) is 11.9. The van der Waals surface area contributed by atoms with Gasteiger partial charge in [0.1, 0.15) is 12.2 Å². The third kappa shape index (κ3) is 6.24. The second-order valence-electron chi connectivity index (χ2n) is 13.4. The number of esters is 1. The fourth-order valence-electron chi connectivity index (χ4n) is 8.01. The van der Waals surface area contributed by atoms with Crippen molar-refractivity contribution in [3.8, 4) is 0 Å². The lowest BCUT2D eigenvalue weighted by atomic mass is 9.61. The largest absolute Gasteiger partial charge is 0.466 e. The smallest absolute Gasteiger partial charge is 0.308 e. The number of ketones is 1. The van der Waals surface area contributed by atoms with Gasteiger partial charge in [0.05, 0.1) is 25.7 Å². The number of carbonyl (C=O) groups is 2. The van der Waals surface area contributed by atoms with E-state index >= 15 is 0 Å². The van der Waals surface area contributed by atoms with Crippen molar-refractivity contribution in [2.75, 3.05) is 13.2 Å². The van der Waals surface area contributed by atoms with Gasteiger partial charge in [-0.2, -0.15) is 0 Å². The lowest BCUT2D eigenvalue weighted by Crippen LogP contribution is -2.45. The molecule has 7 atom stereocenters. The van der Waals surface area contributed by atoms with Crippen LogP contribution in [0.1, 0.15) is 92.4 Å². The first-order valence-corrected chi connectivity index (χ1v) is 15.4. The lowest BCUT2D eigenvalue weighted by Gasteiger charge is -2.44. The van der Waals surface area contributed by atoms with Gasteiger partial charge in [-0.15, -0.1) is 0 Å². The molecule has 0 aromatic heterocycles. The van der Waals surface area contributed by atoms with Crippen molar-refractivity contribution >= 4 is 11.8 Å². The molecule has 4 fully saturated rings. The van der Waals surface area contributed by atoms with Crippen LogP contribution in [-0.4, -0.2) is 53.5 Å². The highest BCUT2D eigenvalue weighted by atomic mass is 16.5. The summed E-state index contributed by atoms with van der Waals surface area (Å²) < 4.78 is 10.6. The summed E-state index contributed by atoms with van der Waals surface area (Å²) in [4.78, 5) is 24.5. The minimum absolute atomic E-state index is 0.0796. The molecule has 0 aromatic carbocycles. The standard InChI is InChI=1S/C34H50O6/c1-7-39-29(36)15-18-40-31-28(35)20-24(22(3)30(31)37)11-10-23-9-8-16-34(6)26(12-13-27(23)34)21(2)19-25-14-17-33(4,5)32(25)38/h10-11,19,21,26-28,30-31,35,37H,3,7-9,12-18,20H2,1-2,4-6H3/b23-10+,24-11-,25-19+/t21-,26-,27+,28-,30-,31+,34-/m1/s1. The van der Waals surface area contributed by atoms with Gasteiger partial charge in [0, 0.05) is 11.8 Å². The molecular formula is C34H50O6. The summed E-state index contributed by atoms with van der Waals surface area (Å²) in [6.45, 7) is 15.2. The van der Waals surface area contributed by atoms with Crippen LogP contribution >= 0.6 is 0 Å². The molecule has 2 N–H and O–H groups in total. The molecule has 40 heavy (non-hydrogen) atoms. The van der Waals surface area contributed by atoms with E-state index in [9.17, 15) is 19.8 Å². The van der Waals surface area contributed by atoms with Crippen molar-refractivity contribution in [2.45, 2.75) is 111 Å². The summed E-state index contributed by atoms with van der Waals surface area (Å²) in [6, 6.07) is 0. The molecule has 0 unspecified atom stereocenters. The minimum atomic E-state index is -1.03. The Balaban J connectivity index is 1.43. The fraction of sp³-hybridized carbons (Fsp3) is 0.706. The Morgan fingerprint density at radius 2 is 1.88 bits per heavy atom. The molecule has 222 valence electrons. The molecule has 0 aliphatic heterocycles. The lowest BCUT2D eigenvalue weighted by molar-refractivity contribution is -0.147. The van der Waals surface area contributed by atoms with Gasteiger partial charge >= 0.3 is 5.97 Å². The van der Waals surface area contributed by atoms with Gasteiger partial charge in [0.2, 0.25) is 0 Å². The highest BCUT2D eigenvalue weighted by Crippen LogP contribution is 2.60. The number of hydrogen-bond acceptors (Lipinski definition) is 6. The Morgan fingerprint density at radius 3 is 2.55 bits per heavy atom. The molecule has 0 heterocycles. The molecule has 0 radical (unpaired) electrons. The number of fused-ring (bicyclic) bond motifs is 1. The van der Waals surface area contributed by atoms with E-state index in [4.69, 9.17) is 9.47 Å². The molecular weight excluding hydrogens is 504 g/mol. The van der Waals surface area contributed by atoms with E-state index in [1.807, 2.05) is 6.08 Å². The Labute approximate surface area is 240 Å². The van der Waals surface area contributed by atoms with E-state index in [-0.39, 0.29) is 29.8 Å². The number of allylic oxidation sites excluding steroid dienone is 5. The van der Waals surface area contributed by atoms with Crippen LogP contribution in [0.2, 0.25) is 0 Å². The molecule has 0 spiro atoms. The number of Topliss-reactive ketones (excluding diaryl/α,β-unsaturated/α-hetero) is 1. The van der Waals surface area contributed by atoms with E-state index in [1.165, 1.54) is 18.4 Å². The van der Waals surface area contributed by atoms with Gasteiger partial charge < -0.3 is 19.7 Å². The van der Waals surface area contributed by atoms with Gasteiger partial charge in [0.15, 0.2) is 5.78 Å². The normalized spacial score (nSPS) is 37.8. The van der Waals surface area contributed by atoms with Crippen molar-refractivity contribution in [1.29, 1.82) is 0 Å². The van der Waals surface area contributed by atoms with Crippen LogP contribution in [0.15, 0.2) is 47.1 Å². The zero-order chi connectivity index (χ0) is 29.2. The number of carbonyl (C=O) groups excluding carboxylic acids is 2. The van der Waals surface area contributed by atoms with Crippen LogP contribution in [-0.2, 0) is 19.1 Å². The van der Waals surface area contributed by atoms with Crippen molar-refractivity contribution in [2.24, 2.45) is 28.6 Å². The average molecular weight is 555 g/mol. The Morgan fingerprint density at radius 1 is 1.12 bits per heavy atom. The molecule has 6 heteroatoms. The molecule has 4 rings (SSSR count). The van der Waals surface area contributed by atoms with Crippen molar-refractivity contribution in [1.82, 2.24) is 0 Å². The van der Waals surface area contributed by atoms with Crippen LogP contribution in [0.5, 0.6) is 0 Å². The quantitative estimate of drug-likeness (QED) is 0.281. The van der Waals surface area contributed by atoms with Crippen molar-refractivity contribution in [3.05, 3.63) is 47.1 Å². The SMILES string of the molecule is C=C1/C(=C\C=C2/CCC[C@]3(C)[C@@H]([C@H](C)/C=C4\CCC(C)(C)C4=O)CC[C@@H]23)C[C@@H](O)[C@H](OCCC(=O)OCC)[C@@H]1O. The third-order valence-corrected chi connectivity index (χ3v) is 10.4. The number of aliphatic hydroxyl groups is 2. The maximum absolute atomic E-state index is 12.9. The molecule has 4 aliphatic rings. The molecule has 0 aromatic rings. The Kier molecular flexibility index (Phi) is 9.64. The van der Waals surface area contributed by atoms with E-state index in [0.717, 1.165) is 43.3 Å². The van der Waals surface area contributed by atoms with Crippen LogP contribution in [0.3, 0.4) is 0 Å². The van der Waals surface area contributed by atoms with Crippen LogP contribution in [0.25, 0.3) is 0 Å². The second-order valence-corrected chi connectivity index (χ2v) is 13.4. The summed E-state index contributed by atoms with van der Waals surface area (Å²) in [7, 11) is 0.